The number of carbonyl (C=O) groups excluding carboxylic acids is 1. The van der Waals surface area contributed by atoms with E-state index in [1.807, 2.05) is 42.5 Å². The highest BCUT2D eigenvalue weighted by atomic mass is 32.2. The minimum Gasteiger partial charge on any atom is -0.336 e. The Morgan fingerprint density at radius 1 is 0.844 bits per heavy atom. The lowest BCUT2D eigenvalue weighted by Gasteiger charge is -2.34. The maximum atomic E-state index is 14.0. The fraction of sp³-hybridized carbons (Fsp3) is 0.208. The summed E-state index contributed by atoms with van der Waals surface area (Å²) in [5, 5.41) is 0. The Balaban J connectivity index is 1.48. The Kier molecular flexibility index (Phi) is 6.34. The first-order valence-corrected chi connectivity index (χ1v) is 11.7. The van der Waals surface area contributed by atoms with E-state index in [2.05, 4.69) is 0 Å². The number of halogens is 2. The molecule has 1 heterocycles. The number of carbonyl (C=O) groups is 1. The molecule has 5 nitrogen and oxygen atoms in total. The largest absolute Gasteiger partial charge is 0.336 e. The number of sulfonamides is 1. The van der Waals surface area contributed by atoms with Crippen LogP contribution in [-0.2, 0) is 16.4 Å². The third-order valence-electron chi connectivity index (χ3n) is 5.52. The minimum atomic E-state index is -4.12. The van der Waals surface area contributed by atoms with E-state index in [1.54, 1.807) is 17.0 Å². The van der Waals surface area contributed by atoms with Crippen molar-refractivity contribution in [1.29, 1.82) is 0 Å². The molecule has 1 fully saturated rings. The van der Waals surface area contributed by atoms with Gasteiger partial charge in [-0.2, -0.15) is 4.31 Å². The van der Waals surface area contributed by atoms with Crippen LogP contribution in [0.5, 0.6) is 0 Å². The first-order valence-electron chi connectivity index (χ1n) is 10.2. The van der Waals surface area contributed by atoms with Gasteiger partial charge in [0, 0.05) is 37.8 Å². The fourth-order valence-electron chi connectivity index (χ4n) is 3.82. The van der Waals surface area contributed by atoms with Crippen LogP contribution >= 0.6 is 0 Å². The Labute approximate surface area is 186 Å². The fourth-order valence-corrected chi connectivity index (χ4v) is 5.29. The van der Waals surface area contributed by atoms with E-state index in [0.717, 1.165) is 27.6 Å². The molecule has 8 heteroatoms. The quantitative estimate of drug-likeness (QED) is 0.588. The van der Waals surface area contributed by atoms with Crippen LogP contribution in [0, 0.1) is 11.6 Å². The zero-order chi connectivity index (χ0) is 22.7. The van der Waals surface area contributed by atoms with Crippen molar-refractivity contribution < 1.29 is 22.0 Å². The first kappa shape index (κ1) is 22.1. The van der Waals surface area contributed by atoms with Crippen LogP contribution in [0.4, 0.5) is 8.78 Å². The van der Waals surface area contributed by atoms with Crippen LogP contribution in [-0.4, -0.2) is 49.7 Å². The second kappa shape index (κ2) is 9.18. The molecule has 4 rings (SSSR count). The van der Waals surface area contributed by atoms with Crippen molar-refractivity contribution in [3.8, 4) is 0 Å². The predicted molar refractivity (Wildman–Crippen MR) is 117 cm³/mol. The van der Waals surface area contributed by atoms with E-state index in [4.69, 9.17) is 0 Å². The van der Waals surface area contributed by atoms with E-state index in [1.165, 1.54) is 0 Å². The number of benzene rings is 3. The molecule has 0 spiro atoms. The van der Waals surface area contributed by atoms with E-state index >= 15 is 0 Å². The van der Waals surface area contributed by atoms with Crippen molar-refractivity contribution in [1.82, 2.24) is 9.21 Å². The standard InChI is InChI=1S/C24H22F2N2O3S/c25-20-10-11-23(22(26)17-20)32(30,31)28-14-12-27(13-15-28)24(29)21-9-5-4-8-19(21)16-18-6-2-1-3-7-18/h1-11,17H,12-16H2. The number of nitrogens with zero attached hydrogens (tertiary/aromatic N) is 2. The number of hydrogen-bond donors (Lipinski definition) is 0. The molecule has 0 N–H and O–H groups in total. The summed E-state index contributed by atoms with van der Waals surface area (Å²) < 4.78 is 53.9. The molecule has 0 radical (unpaired) electrons. The lowest BCUT2D eigenvalue weighted by atomic mass is 9.99. The van der Waals surface area contributed by atoms with Crippen LogP contribution in [0.2, 0.25) is 0 Å². The van der Waals surface area contributed by atoms with Gasteiger partial charge in [-0.3, -0.25) is 4.79 Å². The van der Waals surface area contributed by atoms with Gasteiger partial charge in [0.05, 0.1) is 0 Å². The molecular formula is C24H22F2N2O3S. The van der Waals surface area contributed by atoms with Gasteiger partial charge >= 0.3 is 0 Å². The van der Waals surface area contributed by atoms with E-state index in [0.29, 0.717) is 18.1 Å². The summed E-state index contributed by atoms with van der Waals surface area (Å²) in [5.41, 5.74) is 2.56. The maximum absolute atomic E-state index is 14.0. The third kappa shape index (κ3) is 4.56. The van der Waals surface area contributed by atoms with Crippen molar-refractivity contribution in [2.75, 3.05) is 26.2 Å². The summed E-state index contributed by atoms with van der Waals surface area (Å²) >= 11 is 0. The molecule has 0 unspecified atom stereocenters. The molecule has 1 aliphatic heterocycles. The Morgan fingerprint density at radius 3 is 2.19 bits per heavy atom. The zero-order valence-electron chi connectivity index (χ0n) is 17.2. The van der Waals surface area contributed by atoms with E-state index < -0.39 is 26.6 Å². The van der Waals surface area contributed by atoms with Gasteiger partial charge in [0.1, 0.15) is 16.5 Å². The summed E-state index contributed by atoms with van der Waals surface area (Å²) in [4.78, 5) is 14.2. The lowest BCUT2D eigenvalue weighted by molar-refractivity contribution is 0.0696. The average Bonchev–Trinajstić information content (AvgIpc) is 2.79. The van der Waals surface area contributed by atoms with Gasteiger partial charge in [-0.1, -0.05) is 48.5 Å². The summed E-state index contributed by atoms with van der Waals surface area (Å²) in [6.07, 6.45) is 0.612. The number of amides is 1. The average molecular weight is 457 g/mol. The molecule has 32 heavy (non-hydrogen) atoms. The molecular weight excluding hydrogens is 434 g/mol. The topological polar surface area (TPSA) is 57.7 Å². The van der Waals surface area contributed by atoms with Gasteiger partial charge in [-0.25, -0.2) is 17.2 Å². The number of hydrogen-bond acceptors (Lipinski definition) is 3. The van der Waals surface area contributed by atoms with Crippen LogP contribution in [0.25, 0.3) is 0 Å². The Morgan fingerprint density at radius 2 is 1.50 bits per heavy atom. The molecule has 0 atom stereocenters. The van der Waals surface area contributed by atoms with Gasteiger partial charge in [-0.05, 0) is 35.7 Å². The normalized spacial score (nSPS) is 15.0. The second-order valence-corrected chi connectivity index (χ2v) is 9.50. The molecule has 1 amide bonds. The molecule has 0 aromatic heterocycles. The predicted octanol–water partition coefficient (Wildman–Crippen LogP) is 3.70. The summed E-state index contributed by atoms with van der Waals surface area (Å²) in [5.74, 6) is -2.13. The van der Waals surface area contributed by atoms with Crippen LogP contribution in [0.1, 0.15) is 21.5 Å². The van der Waals surface area contributed by atoms with E-state index in [-0.39, 0.29) is 32.1 Å². The molecule has 0 saturated carbocycles. The highest BCUT2D eigenvalue weighted by molar-refractivity contribution is 7.89. The zero-order valence-corrected chi connectivity index (χ0v) is 18.1. The highest BCUT2D eigenvalue weighted by Gasteiger charge is 2.32. The van der Waals surface area contributed by atoms with Crippen LogP contribution < -0.4 is 0 Å². The third-order valence-corrected chi connectivity index (χ3v) is 7.45. The molecule has 1 aliphatic rings. The second-order valence-electron chi connectivity index (χ2n) is 7.59. The van der Waals surface area contributed by atoms with Gasteiger partial charge in [0.2, 0.25) is 10.0 Å². The number of rotatable bonds is 5. The summed E-state index contributed by atoms with van der Waals surface area (Å²) in [6, 6.07) is 19.6. The van der Waals surface area contributed by atoms with Crippen molar-refractivity contribution >= 4 is 15.9 Å². The SMILES string of the molecule is O=C(c1ccccc1Cc1ccccc1)N1CCN(S(=O)(=O)c2ccc(F)cc2F)CC1. The molecule has 0 bridgehead atoms. The summed E-state index contributed by atoms with van der Waals surface area (Å²) in [6.45, 7) is 0.429. The molecule has 3 aromatic rings. The van der Waals surface area contributed by atoms with Gasteiger partial charge in [0.25, 0.3) is 5.91 Å². The number of piperazine rings is 1. The summed E-state index contributed by atoms with van der Waals surface area (Å²) in [7, 11) is -4.12. The van der Waals surface area contributed by atoms with Crippen LogP contribution in [0.3, 0.4) is 0 Å². The Hall–Kier alpha value is -3.10. The smallest absolute Gasteiger partial charge is 0.254 e. The van der Waals surface area contributed by atoms with Crippen molar-refractivity contribution in [3.05, 3.63) is 101 Å². The monoisotopic (exact) mass is 456 g/mol. The maximum Gasteiger partial charge on any atom is 0.254 e. The minimum absolute atomic E-state index is 0.0335. The van der Waals surface area contributed by atoms with Gasteiger partial charge in [-0.15, -0.1) is 0 Å². The van der Waals surface area contributed by atoms with Crippen molar-refractivity contribution in [2.24, 2.45) is 0 Å². The van der Waals surface area contributed by atoms with Gasteiger partial charge in [0.15, 0.2) is 0 Å². The molecule has 3 aromatic carbocycles. The lowest BCUT2D eigenvalue weighted by Crippen LogP contribution is -2.50. The van der Waals surface area contributed by atoms with Gasteiger partial charge < -0.3 is 4.90 Å². The van der Waals surface area contributed by atoms with E-state index in [9.17, 15) is 22.0 Å². The van der Waals surface area contributed by atoms with Crippen molar-refractivity contribution in [3.63, 3.8) is 0 Å². The van der Waals surface area contributed by atoms with Crippen molar-refractivity contribution in [2.45, 2.75) is 11.3 Å². The Bertz CT molecular complexity index is 1230. The molecule has 0 aliphatic carbocycles. The molecule has 166 valence electrons. The first-order chi connectivity index (χ1) is 15.4. The highest BCUT2D eigenvalue weighted by Crippen LogP contribution is 2.23. The van der Waals surface area contributed by atoms with Crippen LogP contribution in [0.15, 0.2) is 77.7 Å². The molecule has 1 saturated heterocycles.